The van der Waals surface area contributed by atoms with E-state index in [1.165, 1.54) is 11.3 Å². The summed E-state index contributed by atoms with van der Waals surface area (Å²) < 4.78 is 6.19. The standard InChI is InChI=1S/C14H14BrN3O2S/c1-20-13-5-3-2-4-12(13)16-8-14(19)18-17-7-11-6-10(15)9-21-11/h2-7,9,16H,8H2,1H3,(H,18,19)/b17-7+. The summed E-state index contributed by atoms with van der Waals surface area (Å²) in [6.45, 7) is 0.117. The number of ether oxygens (including phenoxy) is 1. The summed E-state index contributed by atoms with van der Waals surface area (Å²) in [4.78, 5) is 12.6. The Labute approximate surface area is 135 Å². The first-order valence-corrected chi connectivity index (χ1v) is 7.79. The highest BCUT2D eigenvalue weighted by Gasteiger charge is 2.03. The van der Waals surface area contributed by atoms with Gasteiger partial charge < -0.3 is 10.1 Å². The fraction of sp³-hybridized carbons (Fsp3) is 0.143. The van der Waals surface area contributed by atoms with E-state index in [-0.39, 0.29) is 12.5 Å². The highest BCUT2D eigenvalue weighted by atomic mass is 79.9. The van der Waals surface area contributed by atoms with E-state index in [2.05, 4.69) is 31.8 Å². The Kier molecular flexibility index (Phi) is 5.77. The molecule has 1 amide bonds. The molecule has 0 saturated carbocycles. The van der Waals surface area contributed by atoms with Crippen LogP contribution in [0.4, 0.5) is 5.69 Å². The molecule has 2 N–H and O–H groups in total. The maximum Gasteiger partial charge on any atom is 0.259 e. The van der Waals surface area contributed by atoms with E-state index in [9.17, 15) is 4.79 Å². The lowest BCUT2D eigenvalue weighted by Gasteiger charge is -2.09. The summed E-state index contributed by atoms with van der Waals surface area (Å²) in [5.74, 6) is 0.463. The Hall–Kier alpha value is -1.86. The van der Waals surface area contributed by atoms with Crippen LogP contribution in [0.3, 0.4) is 0 Å². The van der Waals surface area contributed by atoms with Crippen molar-refractivity contribution in [1.29, 1.82) is 0 Å². The molecule has 21 heavy (non-hydrogen) atoms. The molecule has 5 nitrogen and oxygen atoms in total. The summed E-state index contributed by atoms with van der Waals surface area (Å²) in [7, 11) is 1.59. The van der Waals surface area contributed by atoms with E-state index in [1.54, 1.807) is 13.3 Å². The number of thiophene rings is 1. The average Bonchev–Trinajstić information content (AvgIpc) is 2.91. The van der Waals surface area contributed by atoms with Crippen molar-refractivity contribution in [3.63, 3.8) is 0 Å². The molecule has 0 radical (unpaired) electrons. The van der Waals surface area contributed by atoms with Crippen LogP contribution in [0.25, 0.3) is 0 Å². The number of nitrogens with one attached hydrogen (secondary N) is 2. The molecule has 0 saturated heterocycles. The quantitative estimate of drug-likeness (QED) is 0.609. The first-order valence-electron chi connectivity index (χ1n) is 6.12. The van der Waals surface area contributed by atoms with Crippen LogP contribution in [-0.2, 0) is 4.79 Å². The fourth-order valence-corrected chi connectivity index (χ4v) is 2.87. The van der Waals surface area contributed by atoms with Crippen LogP contribution in [0, 0.1) is 0 Å². The van der Waals surface area contributed by atoms with Gasteiger partial charge in [-0.3, -0.25) is 4.79 Å². The summed E-state index contributed by atoms with van der Waals surface area (Å²) in [6.07, 6.45) is 1.61. The average molecular weight is 368 g/mol. The molecule has 7 heteroatoms. The normalized spacial score (nSPS) is 10.6. The molecular formula is C14H14BrN3O2S. The SMILES string of the molecule is COc1ccccc1NCC(=O)N/N=C/c1cc(Br)cs1. The van der Waals surface area contributed by atoms with Crippen molar-refractivity contribution in [1.82, 2.24) is 5.43 Å². The zero-order chi connectivity index (χ0) is 15.1. The smallest absolute Gasteiger partial charge is 0.259 e. The third-order valence-corrected chi connectivity index (χ3v) is 4.14. The Morgan fingerprint density at radius 1 is 1.48 bits per heavy atom. The Bertz CT molecular complexity index is 643. The van der Waals surface area contributed by atoms with Gasteiger partial charge in [-0.05, 0) is 34.1 Å². The lowest BCUT2D eigenvalue weighted by molar-refractivity contribution is -0.119. The highest BCUT2D eigenvalue weighted by Crippen LogP contribution is 2.22. The molecule has 0 aliphatic rings. The van der Waals surface area contributed by atoms with Crippen LogP contribution >= 0.6 is 27.3 Å². The Balaban J connectivity index is 1.81. The van der Waals surface area contributed by atoms with Crippen molar-refractivity contribution in [2.24, 2.45) is 5.10 Å². The van der Waals surface area contributed by atoms with Gasteiger partial charge in [0.05, 0.1) is 25.6 Å². The van der Waals surface area contributed by atoms with Gasteiger partial charge in [0.15, 0.2) is 0 Å². The molecule has 0 bridgehead atoms. The van der Waals surface area contributed by atoms with Gasteiger partial charge in [-0.15, -0.1) is 11.3 Å². The predicted molar refractivity (Wildman–Crippen MR) is 89.2 cm³/mol. The van der Waals surface area contributed by atoms with Crippen molar-refractivity contribution < 1.29 is 9.53 Å². The number of rotatable bonds is 6. The third-order valence-electron chi connectivity index (χ3n) is 2.52. The van der Waals surface area contributed by atoms with E-state index < -0.39 is 0 Å². The maximum absolute atomic E-state index is 11.7. The van der Waals surface area contributed by atoms with E-state index in [1.807, 2.05) is 35.7 Å². The minimum atomic E-state index is -0.229. The van der Waals surface area contributed by atoms with Gasteiger partial charge in [0.25, 0.3) is 5.91 Å². The molecule has 0 fully saturated rings. The Morgan fingerprint density at radius 3 is 3.00 bits per heavy atom. The first kappa shape index (κ1) is 15.5. The number of carbonyl (C=O) groups excluding carboxylic acids is 1. The third kappa shape index (κ3) is 4.87. The molecule has 0 aliphatic carbocycles. The molecule has 110 valence electrons. The summed E-state index contributed by atoms with van der Waals surface area (Å²) in [5.41, 5.74) is 3.23. The second-order valence-electron chi connectivity index (χ2n) is 4.01. The summed E-state index contributed by atoms with van der Waals surface area (Å²) in [5, 5.41) is 8.86. The zero-order valence-corrected chi connectivity index (χ0v) is 13.7. The van der Waals surface area contributed by atoms with Gasteiger partial charge in [-0.1, -0.05) is 12.1 Å². The summed E-state index contributed by atoms with van der Waals surface area (Å²) >= 11 is 4.89. The van der Waals surface area contributed by atoms with E-state index in [4.69, 9.17) is 4.74 Å². The molecule has 1 aromatic carbocycles. The molecule has 0 unspecified atom stereocenters. The number of amides is 1. The van der Waals surface area contributed by atoms with E-state index in [0.717, 1.165) is 15.0 Å². The molecule has 2 rings (SSSR count). The van der Waals surface area contributed by atoms with E-state index in [0.29, 0.717) is 5.75 Å². The number of carbonyl (C=O) groups is 1. The molecular weight excluding hydrogens is 354 g/mol. The molecule has 1 aromatic heterocycles. The monoisotopic (exact) mass is 367 g/mol. The number of methoxy groups -OCH3 is 1. The van der Waals surface area contributed by atoms with Crippen molar-refractivity contribution in [3.8, 4) is 5.75 Å². The zero-order valence-electron chi connectivity index (χ0n) is 11.3. The van der Waals surface area contributed by atoms with Gasteiger partial charge in [0, 0.05) is 14.7 Å². The van der Waals surface area contributed by atoms with Crippen LogP contribution in [0.1, 0.15) is 4.88 Å². The van der Waals surface area contributed by atoms with Crippen molar-refractivity contribution >= 4 is 45.1 Å². The van der Waals surface area contributed by atoms with Gasteiger partial charge in [0.1, 0.15) is 5.75 Å². The van der Waals surface area contributed by atoms with Gasteiger partial charge in [0.2, 0.25) is 0 Å². The Morgan fingerprint density at radius 2 is 2.29 bits per heavy atom. The van der Waals surface area contributed by atoms with Gasteiger partial charge >= 0.3 is 0 Å². The number of benzene rings is 1. The molecule has 2 aromatic rings. The molecule has 0 atom stereocenters. The second kappa shape index (κ2) is 7.80. The number of hydrogen-bond donors (Lipinski definition) is 2. The fourth-order valence-electron chi connectivity index (χ4n) is 1.57. The minimum absolute atomic E-state index is 0.117. The number of halogens is 1. The van der Waals surface area contributed by atoms with Crippen molar-refractivity contribution in [2.75, 3.05) is 19.0 Å². The topological polar surface area (TPSA) is 62.7 Å². The lowest BCUT2D eigenvalue weighted by atomic mass is 10.3. The van der Waals surface area contributed by atoms with Crippen LogP contribution < -0.4 is 15.5 Å². The molecule has 0 spiro atoms. The second-order valence-corrected chi connectivity index (χ2v) is 5.87. The van der Waals surface area contributed by atoms with Crippen LogP contribution in [0.5, 0.6) is 5.75 Å². The molecule has 0 aliphatic heterocycles. The number of anilines is 1. The van der Waals surface area contributed by atoms with E-state index >= 15 is 0 Å². The number of hydrogen-bond acceptors (Lipinski definition) is 5. The summed E-state index contributed by atoms with van der Waals surface area (Å²) in [6, 6.07) is 9.34. The number of nitrogens with zero attached hydrogens (tertiary/aromatic N) is 1. The predicted octanol–water partition coefficient (Wildman–Crippen LogP) is 3.08. The van der Waals surface area contributed by atoms with Crippen LogP contribution in [0.15, 0.2) is 45.3 Å². The lowest BCUT2D eigenvalue weighted by Crippen LogP contribution is -2.25. The van der Waals surface area contributed by atoms with Crippen LogP contribution in [0.2, 0.25) is 0 Å². The minimum Gasteiger partial charge on any atom is -0.495 e. The number of para-hydroxylation sites is 2. The van der Waals surface area contributed by atoms with Crippen LogP contribution in [-0.4, -0.2) is 25.8 Å². The maximum atomic E-state index is 11.7. The van der Waals surface area contributed by atoms with Gasteiger partial charge in [-0.2, -0.15) is 5.10 Å². The van der Waals surface area contributed by atoms with Crippen molar-refractivity contribution in [2.45, 2.75) is 0 Å². The largest absolute Gasteiger partial charge is 0.495 e. The number of hydrazone groups is 1. The first-order chi connectivity index (χ1) is 10.2. The molecule has 1 heterocycles. The van der Waals surface area contributed by atoms with Gasteiger partial charge in [-0.25, -0.2) is 5.43 Å². The van der Waals surface area contributed by atoms with Crippen molar-refractivity contribution in [3.05, 3.63) is 45.1 Å². The highest BCUT2D eigenvalue weighted by molar-refractivity contribution is 9.10.